The fraction of sp³-hybridized carbons (Fsp3) is 0.609. The van der Waals surface area contributed by atoms with Crippen LogP contribution in [0.4, 0.5) is 0 Å². The molecule has 2 fully saturated rings. The molecule has 1 aromatic rings. The smallest absolute Gasteiger partial charge is 0.233 e. The lowest BCUT2D eigenvalue weighted by Gasteiger charge is -2.18. The van der Waals surface area contributed by atoms with Crippen LogP contribution in [0.15, 0.2) is 34.7 Å². The number of guanidine groups is 1. The Kier molecular flexibility index (Phi) is 6.56. The number of thiophene rings is 1. The molecule has 4 rings (SSSR count). The van der Waals surface area contributed by atoms with Gasteiger partial charge in [-0.2, -0.15) is 0 Å². The van der Waals surface area contributed by atoms with Gasteiger partial charge in [0.2, 0.25) is 11.8 Å². The van der Waals surface area contributed by atoms with Crippen LogP contribution in [0.3, 0.4) is 0 Å². The lowest BCUT2D eigenvalue weighted by Crippen LogP contribution is -2.40. The van der Waals surface area contributed by atoms with E-state index in [1.165, 1.54) is 9.78 Å². The van der Waals surface area contributed by atoms with Crippen molar-refractivity contribution in [3.63, 3.8) is 0 Å². The average Bonchev–Trinajstić information content (AvgIpc) is 3.51. The van der Waals surface area contributed by atoms with Gasteiger partial charge in [0, 0.05) is 31.1 Å². The van der Waals surface area contributed by atoms with E-state index >= 15 is 0 Å². The Morgan fingerprint density at radius 1 is 1.23 bits per heavy atom. The molecule has 3 aliphatic rings. The highest BCUT2D eigenvalue weighted by atomic mass is 32.1. The van der Waals surface area contributed by atoms with Crippen LogP contribution in [-0.2, 0) is 16.0 Å². The van der Waals surface area contributed by atoms with Crippen molar-refractivity contribution < 1.29 is 9.59 Å². The normalized spacial score (nSPS) is 28.3. The van der Waals surface area contributed by atoms with Crippen molar-refractivity contribution in [2.24, 2.45) is 34.6 Å². The van der Waals surface area contributed by atoms with Crippen LogP contribution in [0.1, 0.15) is 31.6 Å². The summed E-state index contributed by atoms with van der Waals surface area (Å²) in [5, 5.41) is 8.74. The molecule has 2 N–H and O–H groups in total. The van der Waals surface area contributed by atoms with Gasteiger partial charge in [0.15, 0.2) is 5.96 Å². The summed E-state index contributed by atoms with van der Waals surface area (Å²) in [6.07, 6.45) is 7.03. The van der Waals surface area contributed by atoms with Crippen molar-refractivity contribution in [2.45, 2.75) is 33.1 Å². The molecule has 6 nitrogen and oxygen atoms in total. The Morgan fingerprint density at radius 2 is 1.97 bits per heavy atom. The summed E-state index contributed by atoms with van der Waals surface area (Å²) in [5.41, 5.74) is 0. The number of rotatable bonds is 9. The Hall–Kier alpha value is -2.15. The van der Waals surface area contributed by atoms with E-state index in [1.807, 2.05) is 0 Å². The van der Waals surface area contributed by atoms with E-state index < -0.39 is 0 Å². The van der Waals surface area contributed by atoms with Gasteiger partial charge in [0.05, 0.1) is 11.8 Å². The average molecular weight is 429 g/mol. The third kappa shape index (κ3) is 4.31. The van der Waals surface area contributed by atoms with Crippen LogP contribution in [0.5, 0.6) is 0 Å². The topological polar surface area (TPSA) is 73.8 Å². The zero-order valence-corrected chi connectivity index (χ0v) is 18.7. The first kappa shape index (κ1) is 21.1. The number of allylic oxidation sites excluding steroid dienone is 2. The van der Waals surface area contributed by atoms with Gasteiger partial charge in [-0.1, -0.05) is 25.1 Å². The summed E-state index contributed by atoms with van der Waals surface area (Å²) in [7, 11) is 0. The number of nitrogens with zero attached hydrogens (tertiary/aromatic N) is 2. The molecule has 2 aliphatic carbocycles. The van der Waals surface area contributed by atoms with Gasteiger partial charge in [0.25, 0.3) is 0 Å². The molecule has 0 aromatic carbocycles. The molecule has 1 aromatic heterocycles. The standard InChI is InChI=1S/C23H32N4O2S/c1-3-24-23(26-14-15(2)12-18-6-4-11-30-18)25-9-5-10-27-21(28)19-16-7-8-17(13-16)20(19)22(27)29/h4,6-8,11,15-17,19-20H,3,5,9-10,12-14H2,1-2H3,(H2,24,25,26). The van der Waals surface area contributed by atoms with E-state index in [0.717, 1.165) is 38.3 Å². The lowest BCUT2D eigenvalue weighted by molar-refractivity contribution is -0.140. The molecule has 5 atom stereocenters. The summed E-state index contributed by atoms with van der Waals surface area (Å²) in [6, 6.07) is 4.26. The minimum absolute atomic E-state index is 0.0461. The minimum atomic E-state index is -0.0934. The molecule has 30 heavy (non-hydrogen) atoms. The second-order valence-electron chi connectivity index (χ2n) is 8.72. The number of imide groups is 1. The second-order valence-corrected chi connectivity index (χ2v) is 9.75. The lowest BCUT2D eigenvalue weighted by atomic mass is 9.85. The molecule has 162 valence electrons. The van der Waals surface area contributed by atoms with E-state index in [1.54, 1.807) is 11.3 Å². The fourth-order valence-electron chi connectivity index (χ4n) is 5.05. The van der Waals surface area contributed by atoms with Crippen LogP contribution < -0.4 is 10.6 Å². The maximum Gasteiger partial charge on any atom is 0.233 e. The molecule has 5 unspecified atom stereocenters. The van der Waals surface area contributed by atoms with E-state index in [9.17, 15) is 9.59 Å². The quantitative estimate of drug-likeness (QED) is 0.209. The Morgan fingerprint density at radius 3 is 2.60 bits per heavy atom. The summed E-state index contributed by atoms with van der Waals surface area (Å²) >= 11 is 1.79. The first-order chi connectivity index (χ1) is 14.6. The summed E-state index contributed by atoms with van der Waals surface area (Å²) in [4.78, 5) is 33.1. The molecule has 2 bridgehead atoms. The molecular weight excluding hydrogens is 396 g/mol. The number of carbonyl (C=O) groups is 2. The van der Waals surface area contributed by atoms with Crippen molar-refractivity contribution in [1.82, 2.24) is 15.5 Å². The molecule has 1 saturated heterocycles. The Bertz CT molecular complexity index is 789. The van der Waals surface area contributed by atoms with Crippen LogP contribution >= 0.6 is 11.3 Å². The highest BCUT2D eigenvalue weighted by Gasteiger charge is 2.58. The monoisotopic (exact) mass is 428 g/mol. The number of likely N-dealkylation sites (tertiary alicyclic amines) is 1. The van der Waals surface area contributed by atoms with E-state index in [0.29, 0.717) is 19.0 Å². The first-order valence-electron chi connectivity index (χ1n) is 11.2. The number of nitrogens with one attached hydrogen (secondary N) is 2. The third-order valence-electron chi connectivity index (χ3n) is 6.45. The van der Waals surface area contributed by atoms with Crippen LogP contribution in [0.25, 0.3) is 0 Å². The largest absolute Gasteiger partial charge is 0.357 e. The van der Waals surface area contributed by atoms with E-state index in [4.69, 9.17) is 4.99 Å². The minimum Gasteiger partial charge on any atom is -0.357 e. The second kappa shape index (κ2) is 9.33. The van der Waals surface area contributed by atoms with Gasteiger partial charge >= 0.3 is 0 Å². The summed E-state index contributed by atoms with van der Waals surface area (Å²) < 4.78 is 0. The van der Waals surface area contributed by atoms with Crippen molar-refractivity contribution in [1.29, 1.82) is 0 Å². The van der Waals surface area contributed by atoms with Gasteiger partial charge in [-0.25, -0.2) is 0 Å². The zero-order valence-electron chi connectivity index (χ0n) is 17.8. The molecular formula is C23H32N4O2S. The molecule has 1 saturated carbocycles. The van der Waals surface area contributed by atoms with Crippen molar-refractivity contribution in [3.05, 3.63) is 34.5 Å². The van der Waals surface area contributed by atoms with E-state index in [2.05, 4.69) is 54.1 Å². The predicted molar refractivity (Wildman–Crippen MR) is 120 cm³/mol. The maximum absolute atomic E-state index is 12.7. The summed E-state index contributed by atoms with van der Waals surface area (Å²) in [5.74, 6) is 1.74. The number of amides is 2. The number of aliphatic imine (C=N–C) groups is 1. The molecule has 0 spiro atoms. The number of hydrogen-bond acceptors (Lipinski definition) is 4. The van der Waals surface area contributed by atoms with Gasteiger partial charge < -0.3 is 10.6 Å². The van der Waals surface area contributed by atoms with Gasteiger partial charge in [-0.3, -0.25) is 19.5 Å². The molecule has 7 heteroatoms. The molecule has 0 radical (unpaired) electrons. The fourth-order valence-corrected chi connectivity index (χ4v) is 5.92. The number of carbonyl (C=O) groups excluding carboxylic acids is 2. The van der Waals surface area contributed by atoms with Crippen LogP contribution in [-0.4, -0.2) is 48.9 Å². The molecule has 2 heterocycles. The zero-order chi connectivity index (χ0) is 21.1. The maximum atomic E-state index is 12.7. The highest BCUT2D eigenvalue weighted by Crippen LogP contribution is 2.52. The SMILES string of the molecule is CCNC(=NCC(C)Cc1cccs1)NCCCN1C(=O)C2C3C=CC(C3)C2C1=O. The van der Waals surface area contributed by atoms with Crippen molar-refractivity contribution in [3.8, 4) is 0 Å². The Labute approximate surface area is 182 Å². The van der Waals surface area contributed by atoms with Gasteiger partial charge in [-0.05, 0) is 55.4 Å². The number of fused-ring (bicyclic) bond motifs is 5. The van der Waals surface area contributed by atoms with Crippen LogP contribution in [0.2, 0.25) is 0 Å². The predicted octanol–water partition coefficient (Wildman–Crippen LogP) is 2.68. The van der Waals surface area contributed by atoms with Gasteiger partial charge in [-0.15, -0.1) is 11.3 Å². The molecule has 2 amide bonds. The van der Waals surface area contributed by atoms with Gasteiger partial charge in [0.1, 0.15) is 0 Å². The third-order valence-corrected chi connectivity index (χ3v) is 7.35. The van der Waals surface area contributed by atoms with Crippen molar-refractivity contribution in [2.75, 3.05) is 26.2 Å². The first-order valence-corrected chi connectivity index (χ1v) is 12.0. The number of hydrogen-bond donors (Lipinski definition) is 2. The van der Waals surface area contributed by atoms with Crippen molar-refractivity contribution >= 4 is 29.1 Å². The van der Waals surface area contributed by atoms with E-state index in [-0.39, 0.29) is 35.5 Å². The molecule has 1 aliphatic heterocycles. The highest BCUT2D eigenvalue weighted by molar-refractivity contribution is 7.09. The summed E-state index contributed by atoms with van der Waals surface area (Å²) in [6.45, 7) is 7.00. The van der Waals surface area contributed by atoms with Crippen LogP contribution in [0, 0.1) is 29.6 Å². The Balaban J connectivity index is 1.22.